The van der Waals surface area contributed by atoms with E-state index in [2.05, 4.69) is 29.2 Å². The molecular formula is C12H20N4S. The van der Waals surface area contributed by atoms with Crippen LogP contribution >= 0.6 is 11.8 Å². The van der Waals surface area contributed by atoms with Crippen LogP contribution in [0.1, 0.15) is 50.5 Å². The van der Waals surface area contributed by atoms with Crippen molar-refractivity contribution < 1.29 is 0 Å². The van der Waals surface area contributed by atoms with Crippen LogP contribution in [-0.2, 0) is 5.75 Å². The molecule has 0 bridgehead atoms. The van der Waals surface area contributed by atoms with Gasteiger partial charge in [-0.05, 0) is 19.3 Å². The summed E-state index contributed by atoms with van der Waals surface area (Å²) in [6.07, 6.45) is 3.67. The fourth-order valence-corrected chi connectivity index (χ4v) is 2.38. The zero-order chi connectivity index (χ0) is 12.3. The average Bonchev–Trinajstić information content (AvgIpc) is 3.19. The van der Waals surface area contributed by atoms with Crippen molar-refractivity contribution in [2.24, 2.45) is 5.84 Å². The Balaban J connectivity index is 2.06. The normalized spacial score (nSPS) is 16.9. The van der Waals surface area contributed by atoms with Gasteiger partial charge in [0.25, 0.3) is 0 Å². The monoisotopic (exact) mass is 252 g/mol. The second kappa shape index (κ2) is 5.69. The van der Waals surface area contributed by atoms with Gasteiger partial charge in [-0.1, -0.05) is 13.8 Å². The highest BCUT2D eigenvalue weighted by Gasteiger charge is 2.26. The third-order valence-corrected chi connectivity index (χ3v) is 4.33. The van der Waals surface area contributed by atoms with E-state index in [1.807, 2.05) is 17.8 Å². The van der Waals surface area contributed by atoms with E-state index in [-0.39, 0.29) is 0 Å². The maximum atomic E-state index is 5.44. The van der Waals surface area contributed by atoms with Gasteiger partial charge >= 0.3 is 0 Å². The first kappa shape index (κ1) is 12.6. The van der Waals surface area contributed by atoms with Crippen molar-refractivity contribution in [3.8, 4) is 0 Å². The van der Waals surface area contributed by atoms with Crippen molar-refractivity contribution >= 4 is 17.6 Å². The molecule has 1 aliphatic carbocycles. The van der Waals surface area contributed by atoms with Crippen molar-refractivity contribution in [2.45, 2.75) is 50.0 Å². The fourth-order valence-electron chi connectivity index (χ4n) is 1.58. The number of nitrogens with two attached hydrogens (primary N) is 1. The first-order valence-corrected chi connectivity index (χ1v) is 7.24. The number of hydrazine groups is 1. The number of thioether (sulfide) groups is 1. The molecule has 3 N–H and O–H groups in total. The molecule has 5 heteroatoms. The summed E-state index contributed by atoms with van der Waals surface area (Å²) in [4.78, 5) is 9.02. The van der Waals surface area contributed by atoms with Crippen molar-refractivity contribution in [2.75, 3.05) is 5.43 Å². The molecule has 0 radical (unpaired) electrons. The van der Waals surface area contributed by atoms with Crippen molar-refractivity contribution in [3.63, 3.8) is 0 Å². The van der Waals surface area contributed by atoms with Crippen LogP contribution in [0.2, 0.25) is 0 Å². The molecule has 0 spiro atoms. The van der Waals surface area contributed by atoms with Gasteiger partial charge < -0.3 is 5.43 Å². The summed E-state index contributed by atoms with van der Waals surface area (Å²) in [6, 6.07) is 1.97. The molecule has 0 aromatic carbocycles. The Morgan fingerprint density at radius 1 is 1.53 bits per heavy atom. The summed E-state index contributed by atoms with van der Waals surface area (Å²) < 4.78 is 0. The summed E-state index contributed by atoms with van der Waals surface area (Å²) in [7, 11) is 0. The van der Waals surface area contributed by atoms with Crippen LogP contribution in [0.5, 0.6) is 0 Å². The number of hydrogen-bond donors (Lipinski definition) is 2. The second-order valence-corrected chi connectivity index (χ2v) is 5.97. The summed E-state index contributed by atoms with van der Waals surface area (Å²) in [5.74, 6) is 8.58. The van der Waals surface area contributed by atoms with Crippen molar-refractivity contribution in [1.29, 1.82) is 0 Å². The lowest BCUT2D eigenvalue weighted by atomic mass is 10.3. The Kier molecular flexibility index (Phi) is 4.23. The highest BCUT2D eigenvalue weighted by atomic mass is 32.2. The van der Waals surface area contributed by atoms with Gasteiger partial charge in [0.2, 0.25) is 0 Å². The molecule has 4 nitrogen and oxygen atoms in total. The average molecular weight is 252 g/mol. The van der Waals surface area contributed by atoms with E-state index >= 15 is 0 Å². The van der Waals surface area contributed by atoms with Crippen LogP contribution in [0.4, 0.5) is 5.82 Å². The molecule has 1 aromatic heterocycles. The zero-order valence-corrected chi connectivity index (χ0v) is 11.3. The van der Waals surface area contributed by atoms with Crippen LogP contribution in [0.15, 0.2) is 6.07 Å². The van der Waals surface area contributed by atoms with Crippen molar-refractivity contribution in [3.05, 3.63) is 17.6 Å². The first-order chi connectivity index (χ1) is 8.22. The quantitative estimate of drug-likeness (QED) is 0.602. The van der Waals surface area contributed by atoms with E-state index in [9.17, 15) is 0 Å². The minimum atomic E-state index is 0.637. The van der Waals surface area contributed by atoms with E-state index in [0.29, 0.717) is 11.2 Å². The molecule has 1 unspecified atom stereocenters. The Bertz CT molecular complexity index is 379. The van der Waals surface area contributed by atoms with Gasteiger partial charge in [-0.3, -0.25) is 0 Å². The Labute approximate surface area is 107 Å². The van der Waals surface area contributed by atoms with Gasteiger partial charge in [0.1, 0.15) is 11.6 Å². The summed E-state index contributed by atoms with van der Waals surface area (Å²) in [5, 5.41) is 0.650. The molecule has 17 heavy (non-hydrogen) atoms. The molecule has 1 saturated carbocycles. The Morgan fingerprint density at radius 2 is 2.29 bits per heavy atom. The van der Waals surface area contributed by atoms with Gasteiger partial charge in [-0.15, -0.1) is 0 Å². The van der Waals surface area contributed by atoms with E-state index in [0.717, 1.165) is 23.1 Å². The van der Waals surface area contributed by atoms with Crippen LogP contribution in [0.25, 0.3) is 0 Å². The number of rotatable bonds is 6. The lowest BCUT2D eigenvalue weighted by Crippen LogP contribution is -2.11. The summed E-state index contributed by atoms with van der Waals surface area (Å²) in [5.41, 5.74) is 3.78. The molecule has 1 aromatic rings. The Morgan fingerprint density at radius 3 is 2.88 bits per heavy atom. The minimum absolute atomic E-state index is 0.637. The predicted molar refractivity (Wildman–Crippen MR) is 72.9 cm³/mol. The summed E-state index contributed by atoms with van der Waals surface area (Å²) in [6.45, 7) is 4.43. The van der Waals surface area contributed by atoms with Crippen LogP contribution in [0.3, 0.4) is 0 Å². The lowest BCUT2D eigenvalue weighted by Gasteiger charge is -2.09. The molecule has 0 amide bonds. The molecule has 94 valence electrons. The maximum absolute atomic E-state index is 5.44. The number of nitrogen functional groups attached to an aromatic ring is 1. The lowest BCUT2D eigenvalue weighted by molar-refractivity contribution is 0.894. The highest BCUT2D eigenvalue weighted by molar-refractivity contribution is 7.99. The molecule has 2 rings (SSSR count). The molecule has 1 atom stereocenters. The van der Waals surface area contributed by atoms with Gasteiger partial charge in [-0.2, -0.15) is 11.8 Å². The molecule has 1 aliphatic rings. The molecule has 0 aliphatic heterocycles. The minimum Gasteiger partial charge on any atom is -0.308 e. The second-order valence-electron chi connectivity index (χ2n) is 4.54. The van der Waals surface area contributed by atoms with Gasteiger partial charge in [-0.25, -0.2) is 15.8 Å². The highest BCUT2D eigenvalue weighted by Crippen LogP contribution is 2.39. The number of anilines is 1. The first-order valence-electron chi connectivity index (χ1n) is 6.19. The standard InChI is InChI=1S/C12H20N4S/c1-3-8(2)17-7-12-14-10(9-4-5-9)6-11(15-12)16-13/h6,8-9H,3-5,7,13H2,1-2H3,(H,14,15,16). The van der Waals surface area contributed by atoms with Crippen LogP contribution in [0, 0.1) is 0 Å². The molecular weight excluding hydrogens is 232 g/mol. The van der Waals surface area contributed by atoms with Gasteiger partial charge in [0.05, 0.1) is 5.75 Å². The zero-order valence-electron chi connectivity index (χ0n) is 10.4. The van der Waals surface area contributed by atoms with Crippen LogP contribution < -0.4 is 11.3 Å². The fraction of sp³-hybridized carbons (Fsp3) is 0.667. The van der Waals surface area contributed by atoms with E-state index < -0.39 is 0 Å². The SMILES string of the molecule is CCC(C)SCc1nc(NN)cc(C2CC2)n1. The third kappa shape index (κ3) is 3.57. The number of aromatic nitrogens is 2. The van der Waals surface area contributed by atoms with Gasteiger partial charge in [0, 0.05) is 22.9 Å². The van der Waals surface area contributed by atoms with Crippen LogP contribution in [-0.4, -0.2) is 15.2 Å². The number of nitrogens with zero attached hydrogens (tertiary/aromatic N) is 2. The Hall–Kier alpha value is -0.810. The molecule has 1 fully saturated rings. The van der Waals surface area contributed by atoms with E-state index in [1.165, 1.54) is 19.3 Å². The number of nitrogens with one attached hydrogen (secondary N) is 1. The smallest absolute Gasteiger partial charge is 0.143 e. The topological polar surface area (TPSA) is 63.8 Å². The predicted octanol–water partition coefficient (Wildman–Crippen LogP) is 2.67. The third-order valence-electron chi connectivity index (χ3n) is 3.01. The summed E-state index contributed by atoms with van der Waals surface area (Å²) >= 11 is 1.90. The molecule has 0 saturated heterocycles. The number of hydrogen-bond acceptors (Lipinski definition) is 5. The maximum Gasteiger partial charge on any atom is 0.143 e. The largest absolute Gasteiger partial charge is 0.308 e. The van der Waals surface area contributed by atoms with Gasteiger partial charge in [0.15, 0.2) is 0 Å². The van der Waals surface area contributed by atoms with Crippen molar-refractivity contribution in [1.82, 2.24) is 9.97 Å². The van der Waals surface area contributed by atoms with E-state index in [1.54, 1.807) is 0 Å². The molecule has 1 heterocycles. The van der Waals surface area contributed by atoms with E-state index in [4.69, 9.17) is 5.84 Å².